The number of rotatable bonds is 4. The second-order valence-corrected chi connectivity index (χ2v) is 4.26. The summed E-state index contributed by atoms with van der Waals surface area (Å²) >= 11 is 0. The number of nitrogens with zero attached hydrogens (tertiary/aromatic N) is 2. The molecule has 1 aliphatic rings. The Kier molecular flexibility index (Phi) is 4.54. The van der Waals surface area contributed by atoms with Crippen molar-refractivity contribution in [1.82, 2.24) is 0 Å². The lowest BCUT2D eigenvalue weighted by molar-refractivity contribution is 0.132. The van der Waals surface area contributed by atoms with Crippen LogP contribution in [-0.4, -0.2) is 6.21 Å². The summed E-state index contributed by atoms with van der Waals surface area (Å²) in [6, 6.07) is 9.42. The maximum atomic E-state index is 8.77. The first-order valence-corrected chi connectivity index (χ1v) is 6.14. The van der Waals surface area contributed by atoms with E-state index in [4.69, 9.17) is 10.1 Å². The molecule has 0 saturated heterocycles. The second-order valence-electron chi connectivity index (χ2n) is 4.26. The molecule has 1 radical (unpaired) electrons. The van der Waals surface area contributed by atoms with E-state index in [1.54, 1.807) is 12.1 Å². The predicted molar refractivity (Wildman–Crippen MR) is 69.9 cm³/mol. The van der Waals surface area contributed by atoms with Crippen LogP contribution < -0.4 is 0 Å². The van der Waals surface area contributed by atoms with E-state index < -0.39 is 0 Å². The Morgan fingerprint density at radius 3 is 3.06 bits per heavy atom. The first kappa shape index (κ1) is 12.4. The summed E-state index contributed by atoms with van der Waals surface area (Å²) in [5.74, 6) is 0. The Labute approximate surface area is 107 Å². The molecule has 0 heterocycles. The summed E-state index contributed by atoms with van der Waals surface area (Å²) in [6.45, 7) is 0.371. The Morgan fingerprint density at radius 2 is 2.28 bits per heavy atom. The fourth-order valence-corrected chi connectivity index (χ4v) is 1.87. The van der Waals surface area contributed by atoms with Crippen molar-refractivity contribution in [2.75, 3.05) is 0 Å². The molecule has 0 unspecified atom stereocenters. The predicted octanol–water partition coefficient (Wildman–Crippen LogP) is 3.44. The molecule has 2 rings (SSSR count). The van der Waals surface area contributed by atoms with Crippen molar-refractivity contribution in [3.8, 4) is 6.07 Å². The molecule has 0 aromatic heterocycles. The Morgan fingerprint density at radius 1 is 1.33 bits per heavy atom. The quantitative estimate of drug-likeness (QED) is 0.596. The van der Waals surface area contributed by atoms with Crippen LogP contribution in [0.5, 0.6) is 0 Å². The number of benzene rings is 1. The molecule has 0 spiro atoms. The molecule has 0 N–H and O–H groups in total. The maximum absolute atomic E-state index is 8.77. The zero-order valence-corrected chi connectivity index (χ0v) is 10.2. The molecule has 0 amide bonds. The van der Waals surface area contributed by atoms with Crippen LogP contribution in [0.25, 0.3) is 0 Å². The van der Waals surface area contributed by atoms with E-state index in [2.05, 4.69) is 23.5 Å². The SMILES string of the molecule is N#Cc1cccc(CO/N=[C]\C2=CCCCC2)c1. The van der Waals surface area contributed by atoms with E-state index in [0.717, 1.165) is 24.0 Å². The van der Waals surface area contributed by atoms with Gasteiger partial charge in [0.25, 0.3) is 0 Å². The zero-order valence-electron chi connectivity index (χ0n) is 10.2. The third kappa shape index (κ3) is 3.74. The summed E-state index contributed by atoms with van der Waals surface area (Å²) in [7, 11) is 0. The van der Waals surface area contributed by atoms with Gasteiger partial charge in [-0.25, -0.2) is 0 Å². The smallest absolute Gasteiger partial charge is 0.142 e. The van der Waals surface area contributed by atoms with Crippen LogP contribution in [0.3, 0.4) is 0 Å². The molecule has 0 atom stereocenters. The van der Waals surface area contributed by atoms with Crippen molar-refractivity contribution in [2.45, 2.75) is 32.3 Å². The van der Waals surface area contributed by atoms with Gasteiger partial charge in [0.2, 0.25) is 0 Å². The van der Waals surface area contributed by atoms with Gasteiger partial charge in [0.15, 0.2) is 0 Å². The topological polar surface area (TPSA) is 45.4 Å². The summed E-state index contributed by atoms with van der Waals surface area (Å²) < 4.78 is 0. The number of allylic oxidation sites excluding steroid dienone is 2. The van der Waals surface area contributed by atoms with Gasteiger partial charge >= 0.3 is 0 Å². The van der Waals surface area contributed by atoms with Gasteiger partial charge in [0, 0.05) is 0 Å². The molecule has 0 aliphatic heterocycles. The molecule has 3 nitrogen and oxygen atoms in total. The van der Waals surface area contributed by atoms with Crippen LogP contribution in [0, 0.1) is 11.3 Å². The number of hydrogen-bond acceptors (Lipinski definition) is 3. The number of hydrogen-bond donors (Lipinski definition) is 0. The minimum atomic E-state index is 0.371. The Bertz CT molecular complexity index is 497. The van der Waals surface area contributed by atoms with Crippen LogP contribution in [0.15, 0.2) is 41.1 Å². The lowest BCUT2D eigenvalue weighted by atomic mass is 10.0. The summed E-state index contributed by atoms with van der Waals surface area (Å²) in [5, 5.41) is 12.6. The number of nitriles is 1. The fraction of sp³-hybridized carbons (Fsp3) is 0.333. The summed E-state index contributed by atoms with van der Waals surface area (Å²) in [5.41, 5.74) is 2.71. The van der Waals surface area contributed by atoms with E-state index in [1.807, 2.05) is 12.1 Å². The van der Waals surface area contributed by atoms with Gasteiger partial charge in [-0.2, -0.15) is 5.26 Å². The molecule has 0 fully saturated rings. The maximum Gasteiger partial charge on any atom is 0.142 e. The largest absolute Gasteiger partial charge is 0.390 e. The van der Waals surface area contributed by atoms with E-state index >= 15 is 0 Å². The summed E-state index contributed by atoms with van der Waals surface area (Å²) in [4.78, 5) is 5.19. The minimum absolute atomic E-state index is 0.371. The lowest BCUT2D eigenvalue weighted by Crippen LogP contribution is -1.94. The monoisotopic (exact) mass is 239 g/mol. The highest BCUT2D eigenvalue weighted by molar-refractivity contribution is 5.78. The van der Waals surface area contributed by atoms with Crippen LogP contribution in [0.4, 0.5) is 0 Å². The molecular weight excluding hydrogens is 224 g/mol. The van der Waals surface area contributed by atoms with Crippen LogP contribution in [-0.2, 0) is 11.4 Å². The van der Waals surface area contributed by atoms with E-state index in [0.29, 0.717) is 12.2 Å². The normalized spacial score (nSPS) is 15.2. The third-order valence-electron chi connectivity index (χ3n) is 2.83. The zero-order chi connectivity index (χ0) is 12.6. The van der Waals surface area contributed by atoms with Gasteiger partial charge in [-0.15, -0.1) is 0 Å². The first-order chi connectivity index (χ1) is 8.88. The fourth-order valence-electron chi connectivity index (χ4n) is 1.87. The highest BCUT2D eigenvalue weighted by atomic mass is 16.6. The van der Waals surface area contributed by atoms with Gasteiger partial charge in [0.05, 0.1) is 11.6 Å². The van der Waals surface area contributed by atoms with E-state index in [9.17, 15) is 0 Å². The first-order valence-electron chi connectivity index (χ1n) is 6.14. The van der Waals surface area contributed by atoms with Gasteiger partial charge in [-0.05, 0) is 49.0 Å². The van der Waals surface area contributed by atoms with Crippen molar-refractivity contribution < 1.29 is 4.84 Å². The van der Waals surface area contributed by atoms with E-state index in [1.165, 1.54) is 12.8 Å². The minimum Gasteiger partial charge on any atom is -0.390 e. The summed E-state index contributed by atoms with van der Waals surface area (Å²) in [6.07, 6.45) is 9.69. The molecule has 91 valence electrons. The van der Waals surface area contributed by atoms with Crippen molar-refractivity contribution >= 4 is 6.21 Å². The Hall–Kier alpha value is -2.08. The van der Waals surface area contributed by atoms with Crippen LogP contribution >= 0.6 is 0 Å². The van der Waals surface area contributed by atoms with Crippen molar-refractivity contribution in [2.24, 2.45) is 5.16 Å². The van der Waals surface area contributed by atoms with E-state index in [-0.39, 0.29) is 0 Å². The van der Waals surface area contributed by atoms with Crippen molar-refractivity contribution in [1.29, 1.82) is 5.26 Å². The molecule has 0 saturated carbocycles. The second kappa shape index (κ2) is 6.61. The van der Waals surface area contributed by atoms with Gasteiger partial charge < -0.3 is 4.84 Å². The molecule has 0 bridgehead atoms. The molecule has 1 aliphatic carbocycles. The average molecular weight is 239 g/mol. The third-order valence-corrected chi connectivity index (χ3v) is 2.83. The molecule has 18 heavy (non-hydrogen) atoms. The average Bonchev–Trinajstić information content (AvgIpc) is 2.45. The molecule has 1 aromatic carbocycles. The van der Waals surface area contributed by atoms with Crippen LogP contribution in [0.1, 0.15) is 36.8 Å². The van der Waals surface area contributed by atoms with Gasteiger partial charge in [0.1, 0.15) is 12.8 Å². The lowest BCUT2D eigenvalue weighted by Gasteiger charge is -2.06. The molecule has 3 heteroatoms. The van der Waals surface area contributed by atoms with Gasteiger partial charge in [-0.1, -0.05) is 23.4 Å². The highest BCUT2D eigenvalue weighted by Crippen LogP contribution is 2.15. The standard InChI is InChI=1S/C15H15N2O/c16-10-14-7-4-8-15(9-14)12-18-17-11-13-5-2-1-3-6-13/h4-5,7-9H,1-3,6,12H2. The van der Waals surface area contributed by atoms with Crippen LogP contribution in [0.2, 0.25) is 0 Å². The van der Waals surface area contributed by atoms with Crippen molar-refractivity contribution in [3.63, 3.8) is 0 Å². The molecule has 1 aromatic rings. The highest BCUT2D eigenvalue weighted by Gasteiger charge is 2.01. The molecular formula is C15H15N2O. The van der Waals surface area contributed by atoms with Gasteiger partial charge in [-0.3, -0.25) is 0 Å². The van der Waals surface area contributed by atoms with Crippen molar-refractivity contribution in [3.05, 3.63) is 47.0 Å². The Balaban J connectivity index is 1.82.